The zero-order valence-electron chi connectivity index (χ0n) is 21.9. The number of thiol groups is 1. The van der Waals surface area contributed by atoms with Gasteiger partial charge >= 0.3 is 0 Å². The van der Waals surface area contributed by atoms with Gasteiger partial charge in [0.1, 0.15) is 12.0 Å². The van der Waals surface area contributed by atoms with Crippen LogP contribution in [0.25, 0.3) is 0 Å². The molecule has 3 atom stereocenters. The monoisotopic (exact) mass is 527 g/mol. The number of hydrogen-bond donors (Lipinski definition) is 1. The number of benzene rings is 2. The van der Waals surface area contributed by atoms with Gasteiger partial charge in [0, 0.05) is 23.7 Å². The molecule has 0 unspecified atom stereocenters. The molecule has 1 fully saturated rings. The van der Waals surface area contributed by atoms with Gasteiger partial charge in [0.25, 0.3) is 0 Å². The molecular weight excluding hydrogens is 486 g/mol. The molecule has 196 valence electrons. The van der Waals surface area contributed by atoms with Gasteiger partial charge in [0.05, 0.1) is 12.3 Å². The topological polar surface area (TPSA) is 29.5 Å². The molecule has 0 aromatic heterocycles. The van der Waals surface area contributed by atoms with E-state index in [4.69, 9.17) is 16.3 Å². The molecular formula is C31H42ClNO2S. The number of aldehydes is 1. The van der Waals surface area contributed by atoms with Gasteiger partial charge in [-0.15, -0.1) is 0 Å². The standard InChI is InChI=1S/C31H42ClNO2S/c1-3-33(21-28-16-15-27(28)12-5-4-9-24(2)23-36)30-20-26(22-34)14-17-31(30)35-18-7-6-10-25-11-8-13-29(32)19-25/h4-5,8,11,13-14,17,19-20,22,24,27-28,36H,3,6-7,9-10,12,15-16,18,21,23H2,1-2H3/b5-4+/t24-,27+,28-/m0/s1. The first-order valence-corrected chi connectivity index (χ1v) is 14.5. The Balaban J connectivity index is 1.55. The first kappa shape index (κ1) is 28.7. The Kier molecular flexibility index (Phi) is 12.2. The van der Waals surface area contributed by atoms with Crippen LogP contribution in [-0.4, -0.2) is 31.7 Å². The Morgan fingerprint density at radius 2 is 1.97 bits per heavy atom. The summed E-state index contributed by atoms with van der Waals surface area (Å²) in [5, 5.41) is 0.788. The summed E-state index contributed by atoms with van der Waals surface area (Å²) >= 11 is 10.5. The minimum Gasteiger partial charge on any atom is -0.491 e. The fourth-order valence-corrected chi connectivity index (χ4v) is 5.19. The lowest BCUT2D eigenvalue weighted by molar-refractivity contribution is 0.112. The van der Waals surface area contributed by atoms with Crippen LogP contribution in [0.3, 0.4) is 0 Å². The molecule has 1 aliphatic rings. The fourth-order valence-electron chi connectivity index (χ4n) is 4.83. The molecule has 3 nitrogen and oxygen atoms in total. The van der Waals surface area contributed by atoms with Crippen LogP contribution < -0.4 is 9.64 Å². The van der Waals surface area contributed by atoms with Gasteiger partial charge in [-0.05, 0) is 111 Å². The highest BCUT2D eigenvalue weighted by Gasteiger charge is 2.31. The van der Waals surface area contributed by atoms with E-state index in [2.05, 4.69) is 49.6 Å². The van der Waals surface area contributed by atoms with E-state index in [0.717, 1.165) is 79.6 Å². The van der Waals surface area contributed by atoms with Crippen molar-refractivity contribution in [3.63, 3.8) is 0 Å². The van der Waals surface area contributed by atoms with E-state index in [1.165, 1.54) is 18.4 Å². The van der Waals surface area contributed by atoms with Crippen molar-refractivity contribution in [1.82, 2.24) is 0 Å². The second kappa shape index (κ2) is 15.4. The molecule has 0 aliphatic heterocycles. The second-order valence-electron chi connectivity index (χ2n) is 10.1. The van der Waals surface area contributed by atoms with E-state index in [1.807, 2.05) is 36.4 Å². The summed E-state index contributed by atoms with van der Waals surface area (Å²) < 4.78 is 6.25. The molecule has 0 spiro atoms. The number of rotatable bonds is 16. The number of allylic oxidation sites excluding steroid dienone is 2. The van der Waals surface area contributed by atoms with Crippen molar-refractivity contribution in [2.75, 3.05) is 30.3 Å². The average molecular weight is 528 g/mol. The van der Waals surface area contributed by atoms with Crippen LogP contribution in [0.4, 0.5) is 5.69 Å². The number of unbranched alkanes of at least 4 members (excludes halogenated alkanes) is 1. The van der Waals surface area contributed by atoms with Gasteiger partial charge < -0.3 is 9.64 Å². The largest absolute Gasteiger partial charge is 0.491 e. The Morgan fingerprint density at radius 1 is 1.14 bits per heavy atom. The number of anilines is 1. The van der Waals surface area contributed by atoms with E-state index in [9.17, 15) is 4.79 Å². The summed E-state index contributed by atoms with van der Waals surface area (Å²) in [6.07, 6.45) is 13.5. The number of aryl methyl sites for hydroxylation is 1. The molecule has 36 heavy (non-hydrogen) atoms. The minimum atomic E-state index is 0.637. The third-order valence-electron chi connectivity index (χ3n) is 7.33. The maximum Gasteiger partial charge on any atom is 0.150 e. The molecule has 0 heterocycles. The van der Waals surface area contributed by atoms with Gasteiger partial charge in [0.15, 0.2) is 0 Å². The highest BCUT2D eigenvalue weighted by atomic mass is 35.5. The molecule has 0 amide bonds. The van der Waals surface area contributed by atoms with Gasteiger partial charge in [-0.3, -0.25) is 4.79 Å². The summed E-state index contributed by atoms with van der Waals surface area (Å²) in [7, 11) is 0. The van der Waals surface area contributed by atoms with Crippen molar-refractivity contribution < 1.29 is 9.53 Å². The van der Waals surface area contributed by atoms with Gasteiger partial charge in [-0.25, -0.2) is 0 Å². The molecule has 2 aromatic rings. The molecule has 0 radical (unpaired) electrons. The lowest BCUT2D eigenvalue weighted by Gasteiger charge is -2.40. The molecule has 2 aromatic carbocycles. The van der Waals surface area contributed by atoms with Crippen molar-refractivity contribution in [2.24, 2.45) is 17.8 Å². The number of halogens is 1. The molecule has 1 saturated carbocycles. The van der Waals surface area contributed by atoms with E-state index in [1.54, 1.807) is 0 Å². The number of hydrogen-bond acceptors (Lipinski definition) is 4. The molecule has 5 heteroatoms. The van der Waals surface area contributed by atoms with Crippen LogP contribution >= 0.6 is 24.2 Å². The molecule has 3 rings (SSSR count). The highest BCUT2D eigenvalue weighted by Crippen LogP contribution is 2.40. The Hall–Kier alpha value is -1.91. The van der Waals surface area contributed by atoms with E-state index in [-0.39, 0.29) is 0 Å². The summed E-state index contributed by atoms with van der Waals surface area (Å²) in [6.45, 7) is 7.00. The Bertz CT molecular complexity index is 979. The fraction of sp³-hybridized carbons (Fsp3) is 0.516. The van der Waals surface area contributed by atoms with Gasteiger partial charge in [-0.1, -0.05) is 42.8 Å². The van der Waals surface area contributed by atoms with Crippen LogP contribution in [0.5, 0.6) is 5.75 Å². The zero-order chi connectivity index (χ0) is 25.8. The number of carbonyl (C=O) groups excluding carboxylic acids is 1. The Labute approximate surface area is 228 Å². The van der Waals surface area contributed by atoms with E-state index < -0.39 is 0 Å². The predicted octanol–water partition coefficient (Wildman–Crippen LogP) is 8.31. The minimum absolute atomic E-state index is 0.637. The van der Waals surface area contributed by atoms with Crippen molar-refractivity contribution >= 4 is 36.2 Å². The van der Waals surface area contributed by atoms with Gasteiger partial charge in [-0.2, -0.15) is 12.6 Å². The normalized spacial score (nSPS) is 18.1. The molecule has 0 bridgehead atoms. The molecule has 0 saturated heterocycles. The number of carbonyl (C=O) groups is 1. The van der Waals surface area contributed by atoms with Crippen molar-refractivity contribution in [3.05, 3.63) is 70.8 Å². The lowest BCUT2D eigenvalue weighted by atomic mass is 9.71. The summed E-state index contributed by atoms with van der Waals surface area (Å²) in [6, 6.07) is 13.9. The van der Waals surface area contributed by atoms with Crippen LogP contribution in [0.2, 0.25) is 5.02 Å². The molecule has 0 N–H and O–H groups in total. The SMILES string of the molecule is CCN(C[C@@H]1CC[C@H]1C/C=C/C[C@H](C)CS)c1cc(C=O)ccc1OCCCCc1cccc(Cl)c1. The Morgan fingerprint density at radius 3 is 2.67 bits per heavy atom. The predicted molar refractivity (Wildman–Crippen MR) is 157 cm³/mol. The second-order valence-corrected chi connectivity index (χ2v) is 10.9. The maximum absolute atomic E-state index is 11.5. The summed E-state index contributed by atoms with van der Waals surface area (Å²) in [5.74, 6) is 3.88. The van der Waals surface area contributed by atoms with Crippen molar-refractivity contribution in [2.45, 2.75) is 58.8 Å². The quantitative estimate of drug-likeness (QED) is 0.103. The van der Waals surface area contributed by atoms with Gasteiger partial charge in [0.2, 0.25) is 0 Å². The first-order valence-electron chi connectivity index (χ1n) is 13.5. The van der Waals surface area contributed by atoms with Crippen molar-refractivity contribution in [3.8, 4) is 5.75 Å². The first-order chi connectivity index (χ1) is 17.5. The maximum atomic E-state index is 11.5. The van der Waals surface area contributed by atoms with Crippen LogP contribution in [0, 0.1) is 17.8 Å². The molecule has 1 aliphatic carbocycles. The van der Waals surface area contributed by atoms with Crippen molar-refractivity contribution in [1.29, 1.82) is 0 Å². The third kappa shape index (κ3) is 8.88. The average Bonchev–Trinajstić information content (AvgIpc) is 2.88. The van der Waals surface area contributed by atoms with Crippen LogP contribution in [0.1, 0.15) is 68.3 Å². The highest BCUT2D eigenvalue weighted by molar-refractivity contribution is 7.80. The smallest absolute Gasteiger partial charge is 0.150 e. The zero-order valence-corrected chi connectivity index (χ0v) is 23.5. The third-order valence-corrected chi connectivity index (χ3v) is 8.19. The summed E-state index contributed by atoms with van der Waals surface area (Å²) in [4.78, 5) is 13.9. The number of ether oxygens (including phenoxy) is 1. The van der Waals surface area contributed by atoms with E-state index >= 15 is 0 Å². The van der Waals surface area contributed by atoms with Crippen LogP contribution in [-0.2, 0) is 6.42 Å². The van der Waals surface area contributed by atoms with E-state index in [0.29, 0.717) is 24.0 Å². The number of nitrogens with zero attached hydrogens (tertiary/aromatic N) is 1. The van der Waals surface area contributed by atoms with Crippen LogP contribution in [0.15, 0.2) is 54.6 Å². The lowest BCUT2D eigenvalue weighted by Crippen LogP contribution is -2.38. The summed E-state index contributed by atoms with van der Waals surface area (Å²) in [5.41, 5.74) is 3.00.